The van der Waals surface area contributed by atoms with Gasteiger partial charge in [0, 0.05) is 30.0 Å². The lowest BCUT2D eigenvalue weighted by Crippen LogP contribution is -2.36. The van der Waals surface area contributed by atoms with Crippen LogP contribution in [0.25, 0.3) is 10.8 Å². The zero-order valence-corrected chi connectivity index (χ0v) is 26.4. The van der Waals surface area contributed by atoms with Crippen molar-refractivity contribution in [2.45, 2.75) is 36.0 Å². The molecule has 7 heteroatoms. The van der Waals surface area contributed by atoms with Crippen LogP contribution >= 0.6 is 35.0 Å². The van der Waals surface area contributed by atoms with Crippen molar-refractivity contribution in [2.24, 2.45) is 0 Å². The predicted molar refractivity (Wildman–Crippen MR) is 176 cm³/mol. The summed E-state index contributed by atoms with van der Waals surface area (Å²) in [6, 6.07) is 28.0. The molecule has 0 aliphatic carbocycles. The molecular formula is C35H35Cl2N3OS. The van der Waals surface area contributed by atoms with Crippen LogP contribution < -0.4 is 0 Å². The van der Waals surface area contributed by atoms with E-state index in [9.17, 15) is 10.1 Å². The highest BCUT2D eigenvalue weighted by atomic mass is 35.5. The zero-order valence-electron chi connectivity index (χ0n) is 24.0. The highest BCUT2D eigenvalue weighted by Crippen LogP contribution is 2.35. The Kier molecular flexibility index (Phi) is 10.1. The van der Waals surface area contributed by atoms with Crippen LogP contribution in [0.15, 0.2) is 83.8 Å². The molecule has 1 fully saturated rings. The first-order chi connectivity index (χ1) is 20.4. The number of likely N-dealkylation sites (tertiary alicyclic amines) is 1. The van der Waals surface area contributed by atoms with Gasteiger partial charge in [-0.25, -0.2) is 0 Å². The van der Waals surface area contributed by atoms with Crippen molar-refractivity contribution in [1.29, 1.82) is 5.26 Å². The van der Waals surface area contributed by atoms with Gasteiger partial charge in [0.2, 0.25) is 0 Å². The number of fused-ring (bicyclic) bond motifs is 1. The third-order valence-corrected chi connectivity index (χ3v) is 9.99. The van der Waals surface area contributed by atoms with Crippen molar-refractivity contribution in [3.8, 4) is 6.07 Å². The molecule has 4 nitrogen and oxygen atoms in total. The quantitative estimate of drug-likeness (QED) is 0.176. The van der Waals surface area contributed by atoms with Crippen LogP contribution in [0.2, 0.25) is 10.0 Å². The molecule has 1 amide bonds. The van der Waals surface area contributed by atoms with Crippen molar-refractivity contribution >= 4 is 51.6 Å². The van der Waals surface area contributed by atoms with Crippen LogP contribution in [-0.4, -0.2) is 55.2 Å². The summed E-state index contributed by atoms with van der Waals surface area (Å²) in [5.74, 6) is 0.578. The molecule has 1 heterocycles. The predicted octanol–water partition coefficient (Wildman–Crippen LogP) is 8.87. The monoisotopic (exact) mass is 615 g/mol. The Bertz CT molecular complexity index is 1610. The molecule has 4 aromatic rings. The standard InChI is InChI=1S/C35H35Cl2N3OS/c1-39(35(41)31-20-24(22-38)19-27-7-3-4-8-29(27)31)23-28(26-11-12-32(36)33(37)21-26)15-18-40-16-13-25(14-17-40)30-9-5-6-10-34(30)42-2/h3-12,19-21,25,28H,13-18,23H2,1-2H3/t28-/m1/s1. The van der Waals surface area contributed by atoms with Crippen molar-refractivity contribution in [3.63, 3.8) is 0 Å². The number of hydrogen-bond acceptors (Lipinski definition) is 4. The van der Waals surface area contributed by atoms with Gasteiger partial charge in [0.05, 0.1) is 21.7 Å². The first-order valence-electron chi connectivity index (χ1n) is 14.4. The maximum Gasteiger partial charge on any atom is 0.254 e. The number of benzene rings is 4. The lowest BCUT2D eigenvalue weighted by molar-refractivity contribution is 0.0783. The fourth-order valence-corrected chi connectivity index (χ4v) is 7.10. The third kappa shape index (κ3) is 6.96. The lowest BCUT2D eigenvalue weighted by Gasteiger charge is -2.34. The number of hydrogen-bond donors (Lipinski definition) is 0. The van der Waals surface area contributed by atoms with E-state index in [0.717, 1.165) is 55.2 Å². The highest BCUT2D eigenvalue weighted by Gasteiger charge is 2.25. The van der Waals surface area contributed by atoms with E-state index >= 15 is 0 Å². The molecule has 5 rings (SSSR count). The van der Waals surface area contributed by atoms with E-state index in [-0.39, 0.29) is 11.8 Å². The van der Waals surface area contributed by atoms with Gasteiger partial charge in [0.1, 0.15) is 0 Å². The van der Waals surface area contributed by atoms with E-state index in [2.05, 4.69) is 41.5 Å². The fourth-order valence-electron chi connectivity index (χ4n) is 6.11. The summed E-state index contributed by atoms with van der Waals surface area (Å²) in [5.41, 5.74) is 3.58. The second-order valence-electron chi connectivity index (χ2n) is 11.1. The molecular weight excluding hydrogens is 581 g/mol. The van der Waals surface area contributed by atoms with E-state index in [1.54, 1.807) is 11.0 Å². The topological polar surface area (TPSA) is 47.3 Å². The Morgan fingerprint density at radius 2 is 1.76 bits per heavy atom. The molecule has 1 saturated heterocycles. The van der Waals surface area contributed by atoms with Gasteiger partial charge in [-0.2, -0.15) is 5.26 Å². The van der Waals surface area contributed by atoms with Gasteiger partial charge in [-0.1, -0.05) is 71.7 Å². The van der Waals surface area contributed by atoms with Gasteiger partial charge in [-0.15, -0.1) is 11.8 Å². The smallest absolute Gasteiger partial charge is 0.254 e. The molecule has 216 valence electrons. The molecule has 0 bridgehead atoms. The molecule has 0 radical (unpaired) electrons. The van der Waals surface area contributed by atoms with Crippen LogP contribution in [0.5, 0.6) is 0 Å². The van der Waals surface area contributed by atoms with E-state index < -0.39 is 0 Å². The second kappa shape index (κ2) is 14.0. The number of halogens is 2. The molecule has 4 aromatic carbocycles. The number of amides is 1. The lowest BCUT2D eigenvalue weighted by atomic mass is 9.88. The molecule has 1 atom stereocenters. The number of carbonyl (C=O) groups excluding carboxylic acids is 1. The number of piperidine rings is 1. The first kappa shape index (κ1) is 30.4. The van der Waals surface area contributed by atoms with Crippen LogP contribution in [-0.2, 0) is 0 Å². The Hall–Kier alpha value is -3.01. The van der Waals surface area contributed by atoms with E-state index in [1.165, 1.54) is 10.5 Å². The molecule has 1 aliphatic heterocycles. The minimum Gasteiger partial charge on any atom is -0.341 e. The number of nitrogens with zero attached hydrogens (tertiary/aromatic N) is 3. The Morgan fingerprint density at radius 3 is 2.50 bits per heavy atom. The summed E-state index contributed by atoms with van der Waals surface area (Å²) in [5, 5.41) is 12.4. The third-order valence-electron chi connectivity index (χ3n) is 8.44. The Balaban J connectivity index is 1.31. The normalized spacial score (nSPS) is 14.9. The molecule has 0 N–H and O–H groups in total. The molecule has 0 spiro atoms. The molecule has 1 aliphatic rings. The molecule has 0 saturated carbocycles. The number of nitriles is 1. The largest absolute Gasteiger partial charge is 0.341 e. The van der Waals surface area contributed by atoms with E-state index in [4.69, 9.17) is 23.2 Å². The maximum absolute atomic E-state index is 13.8. The summed E-state index contributed by atoms with van der Waals surface area (Å²) in [7, 11) is 1.84. The van der Waals surface area contributed by atoms with Crippen LogP contribution in [0.4, 0.5) is 0 Å². The van der Waals surface area contributed by atoms with Crippen molar-refractivity contribution in [3.05, 3.63) is 111 Å². The maximum atomic E-state index is 13.8. The number of likely N-dealkylation sites (N-methyl/N-ethyl adjacent to an activating group) is 1. The number of thioether (sulfide) groups is 1. The zero-order chi connectivity index (χ0) is 29.6. The molecule has 0 unspecified atom stereocenters. The van der Waals surface area contributed by atoms with E-state index in [1.807, 2.05) is 67.3 Å². The number of rotatable bonds is 9. The van der Waals surface area contributed by atoms with Crippen LogP contribution in [0, 0.1) is 11.3 Å². The minimum atomic E-state index is -0.0957. The molecule has 0 aromatic heterocycles. The summed E-state index contributed by atoms with van der Waals surface area (Å²) in [4.78, 5) is 19.5. The van der Waals surface area contributed by atoms with Crippen molar-refractivity contribution < 1.29 is 4.79 Å². The molecule has 42 heavy (non-hydrogen) atoms. The van der Waals surface area contributed by atoms with Crippen molar-refractivity contribution in [1.82, 2.24) is 9.80 Å². The van der Waals surface area contributed by atoms with Gasteiger partial charge < -0.3 is 9.80 Å². The fraction of sp³-hybridized carbons (Fsp3) is 0.314. The van der Waals surface area contributed by atoms with Gasteiger partial charge in [0.25, 0.3) is 5.91 Å². The summed E-state index contributed by atoms with van der Waals surface area (Å²) in [6.45, 7) is 3.59. The summed E-state index contributed by atoms with van der Waals surface area (Å²) in [6.07, 6.45) is 5.34. The minimum absolute atomic E-state index is 0.0778. The average molecular weight is 617 g/mol. The van der Waals surface area contributed by atoms with Gasteiger partial charge >= 0.3 is 0 Å². The van der Waals surface area contributed by atoms with Crippen LogP contribution in [0.3, 0.4) is 0 Å². The Morgan fingerprint density at radius 1 is 1.02 bits per heavy atom. The SMILES string of the molecule is CSc1ccccc1C1CCN(CC[C@H](CN(C)C(=O)c2cc(C#N)cc3ccccc23)c2ccc(Cl)c(Cl)c2)CC1. The number of carbonyl (C=O) groups is 1. The second-order valence-corrected chi connectivity index (χ2v) is 12.7. The van der Waals surface area contributed by atoms with Crippen LogP contribution in [0.1, 0.15) is 58.1 Å². The summed E-state index contributed by atoms with van der Waals surface area (Å²) < 4.78 is 0. The van der Waals surface area contributed by atoms with Gasteiger partial charge in [-0.3, -0.25) is 4.79 Å². The van der Waals surface area contributed by atoms with Crippen molar-refractivity contribution in [2.75, 3.05) is 39.5 Å². The van der Waals surface area contributed by atoms with E-state index in [0.29, 0.717) is 33.6 Å². The Labute approximate surface area is 263 Å². The highest BCUT2D eigenvalue weighted by molar-refractivity contribution is 7.98. The first-order valence-corrected chi connectivity index (χ1v) is 16.3. The average Bonchev–Trinajstić information content (AvgIpc) is 3.03. The summed E-state index contributed by atoms with van der Waals surface area (Å²) >= 11 is 14.5. The van der Waals surface area contributed by atoms with Gasteiger partial charge in [0.15, 0.2) is 0 Å². The van der Waals surface area contributed by atoms with Gasteiger partial charge in [-0.05, 0) is 103 Å².